The molecule has 1 heterocycles. The van der Waals surface area contributed by atoms with Crippen molar-refractivity contribution in [1.82, 2.24) is 10.3 Å². The number of ether oxygens (including phenoxy) is 1. The second-order valence-corrected chi connectivity index (χ2v) is 7.26. The minimum absolute atomic E-state index is 0.148. The molecule has 2 amide bonds. The molecule has 1 atom stereocenters. The van der Waals surface area contributed by atoms with E-state index in [2.05, 4.69) is 15.6 Å². The van der Waals surface area contributed by atoms with Crippen molar-refractivity contribution >= 4 is 23.5 Å². The Kier molecular flexibility index (Phi) is 9.47. The molecule has 2 N–H and O–H groups in total. The Hall–Kier alpha value is -2.44. The Balaban J connectivity index is 2.76. The van der Waals surface area contributed by atoms with Crippen LogP contribution in [0.2, 0.25) is 0 Å². The van der Waals surface area contributed by atoms with Crippen molar-refractivity contribution in [2.75, 3.05) is 5.32 Å². The molecule has 1 aromatic heterocycles. The van der Waals surface area contributed by atoms with Gasteiger partial charge in [-0.2, -0.15) is 0 Å². The van der Waals surface area contributed by atoms with Crippen molar-refractivity contribution in [1.29, 1.82) is 0 Å². The molecule has 0 fully saturated rings. The van der Waals surface area contributed by atoms with Crippen molar-refractivity contribution in [2.24, 2.45) is 11.8 Å². The molecule has 0 aliphatic heterocycles. The van der Waals surface area contributed by atoms with Crippen LogP contribution >= 0.6 is 0 Å². The second kappa shape index (κ2) is 11.3. The number of carbonyl (C=O) groups is 3. The third-order valence-electron chi connectivity index (χ3n) is 4.16. The van der Waals surface area contributed by atoms with Gasteiger partial charge in [0.2, 0.25) is 5.78 Å². The van der Waals surface area contributed by atoms with E-state index in [0.29, 0.717) is 18.5 Å². The number of hydrogen-bond donors (Lipinski definition) is 2. The van der Waals surface area contributed by atoms with Crippen LogP contribution in [-0.2, 0) is 14.3 Å². The zero-order valence-electron chi connectivity index (χ0n) is 16.8. The Morgan fingerprint density at radius 3 is 2.33 bits per heavy atom. The number of anilines is 1. The highest BCUT2D eigenvalue weighted by atomic mass is 16.6. The third kappa shape index (κ3) is 7.76. The van der Waals surface area contributed by atoms with E-state index in [-0.39, 0.29) is 17.9 Å². The van der Waals surface area contributed by atoms with E-state index in [1.165, 1.54) is 6.20 Å². The van der Waals surface area contributed by atoms with E-state index in [9.17, 15) is 14.4 Å². The number of Topliss-reactive ketones (excluding diaryl/α,β-unsaturated/α-hetero) is 1. The Morgan fingerprint density at radius 1 is 1.15 bits per heavy atom. The highest BCUT2D eigenvalue weighted by Crippen LogP contribution is 2.16. The largest absolute Gasteiger partial charge is 0.446 e. The number of pyridine rings is 1. The molecule has 0 saturated heterocycles. The molecule has 0 aromatic carbocycles. The molecule has 0 radical (unpaired) electrons. The number of unbranched alkanes of at least 4 members (excludes halogenated alkanes) is 1. The SMILES string of the molecule is CCCC[C@H](NC(=O)OC(C(C)C)C(C)C)C(=O)C(=O)Nc1cccnc1. The standard InChI is InChI=1S/C20H31N3O4/c1-6-7-10-16(23-20(26)27-18(13(2)3)14(4)5)17(24)19(25)22-15-9-8-11-21-12-15/h8-9,11-14,16,18H,6-7,10H2,1-5H3,(H,22,25)(H,23,26)/t16-/m0/s1. The fraction of sp³-hybridized carbons (Fsp3) is 0.600. The molecule has 0 aliphatic rings. The zero-order valence-corrected chi connectivity index (χ0v) is 16.8. The highest BCUT2D eigenvalue weighted by Gasteiger charge is 2.29. The van der Waals surface area contributed by atoms with Crippen molar-refractivity contribution in [3.05, 3.63) is 24.5 Å². The first-order valence-electron chi connectivity index (χ1n) is 9.48. The third-order valence-corrected chi connectivity index (χ3v) is 4.16. The maximum atomic E-state index is 12.5. The maximum Gasteiger partial charge on any atom is 0.408 e. The van der Waals surface area contributed by atoms with E-state index in [1.807, 2.05) is 34.6 Å². The van der Waals surface area contributed by atoms with E-state index >= 15 is 0 Å². The summed E-state index contributed by atoms with van der Waals surface area (Å²) in [6.45, 7) is 9.86. The fourth-order valence-corrected chi connectivity index (χ4v) is 2.81. The summed E-state index contributed by atoms with van der Waals surface area (Å²) < 4.78 is 5.49. The van der Waals surface area contributed by atoms with E-state index in [4.69, 9.17) is 4.74 Å². The lowest BCUT2D eigenvalue weighted by Crippen LogP contribution is -2.47. The van der Waals surface area contributed by atoms with E-state index in [0.717, 1.165) is 6.42 Å². The van der Waals surface area contributed by atoms with Gasteiger partial charge in [0.15, 0.2) is 0 Å². The van der Waals surface area contributed by atoms with Crippen LogP contribution in [0.15, 0.2) is 24.5 Å². The predicted octanol–water partition coefficient (Wildman–Crippen LogP) is 3.55. The molecule has 0 saturated carbocycles. The van der Waals surface area contributed by atoms with Gasteiger partial charge < -0.3 is 15.4 Å². The molecule has 0 unspecified atom stereocenters. The first-order chi connectivity index (χ1) is 12.8. The van der Waals surface area contributed by atoms with Gasteiger partial charge in [-0.3, -0.25) is 14.6 Å². The fourth-order valence-electron chi connectivity index (χ4n) is 2.81. The molecule has 0 aliphatic carbocycles. The molecule has 0 bridgehead atoms. The van der Waals surface area contributed by atoms with Gasteiger partial charge in [0.1, 0.15) is 12.1 Å². The van der Waals surface area contributed by atoms with Crippen molar-refractivity contribution in [3.63, 3.8) is 0 Å². The van der Waals surface area contributed by atoms with E-state index < -0.39 is 23.8 Å². The van der Waals surface area contributed by atoms with Crippen molar-refractivity contribution < 1.29 is 19.1 Å². The normalized spacial score (nSPS) is 12.1. The summed E-state index contributed by atoms with van der Waals surface area (Å²) in [4.78, 5) is 41.0. The molecule has 7 nitrogen and oxygen atoms in total. The Labute approximate surface area is 161 Å². The molecule has 0 spiro atoms. The van der Waals surface area contributed by atoms with Crippen LogP contribution in [0.4, 0.5) is 10.5 Å². The molecular formula is C20H31N3O4. The van der Waals surface area contributed by atoms with Gasteiger partial charge in [0.05, 0.1) is 11.9 Å². The lowest BCUT2D eigenvalue weighted by molar-refractivity contribution is -0.136. The number of hydrogen-bond acceptors (Lipinski definition) is 5. The number of nitrogens with one attached hydrogen (secondary N) is 2. The number of aromatic nitrogens is 1. The lowest BCUT2D eigenvalue weighted by atomic mass is 9.96. The summed E-state index contributed by atoms with van der Waals surface area (Å²) in [5.74, 6) is -1.19. The summed E-state index contributed by atoms with van der Waals surface area (Å²) in [5.41, 5.74) is 0.423. The molecule has 1 rings (SSSR count). The smallest absolute Gasteiger partial charge is 0.408 e. The average molecular weight is 377 g/mol. The van der Waals surface area contributed by atoms with Gasteiger partial charge in [-0.25, -0.2) is 4.79 Å². The van der Waals surface area contributed by atoms with Crippen LogP contribution in [0.5, 0.6) is 0 Å². The predicted molar refractivity (Wildman–Crippen MR) is 104 cm³/mol. The van der Waals surface area contributed by atoms with Gasteiger partial charge in [0, 0.05) is 6.20 Å². The van der Waals surface area contributed by atoms with Gasteiger partial charge >= 0.3 is 6.09 Å². The maximum absolute atomic E-state index is 12.5. The summed E-state index contributed by atoms with van der Waals surface area (Å²) in [5, 5.41) is 5.08. The number of ketones is 1. The quantitative estimate of drug-likeness (QED) is 0.608. The summed E-state index contributed by atoms with van der Waals surface area (Å²) in [6, 6.07) is 2.37. The summed E-state index contributed by atoms with van der Waals surface area (Å²) in [6.07, 6.45) is 3.99. The minimum Gasteiger partial charge on any atom is -0.446 e. The van der Waals surface area contributed by atoms with Gasteiger partial charge in [-0.05, 0) is 30.4 Å². The molecular weight excluding hydrogens is 346 g/mol. The average Bonchev–Trinajstić information content (AvgIpc) is 2.62. The first-order valence-corrected chi connectivity index (χ1v) is 9.48. The summed E-state index contributed by atoms with van der Waals surface area (Å²) in [7, 11) is 0. The molecule has 150 valence electrons. The summed E-state index contributed by atoms with van der Waals surface area (Å²) >= 11 is 0. The van der Waals surface area contributed by atoms with E-state index in [1.54, 1.807) is 18.3 Å². The number of nitrogens with zero attached hydrogens (tertiary/aromatic N) is 1. The van der Waals surface area contributed by atoms with Crippen molar-refractivity contribution in [3.8, 4) is 0 Å². The number of carbonyl (C=O) groups excluding carboxylic acids is 3. The van der Waals surface area contributed by atoms with Crippen LogP contribution in [0, 0.1) is 11.8 Å². The minimum atomic E-state index is -0.922. The van der Waals surface area contributed by atoms with Crippen molar-refractivity contribution in [2.45, 2.75) is 66.0 Å². The zero-order chi connectivity index (χ0) is 20.4. The van der Waals surface area contributed by atoms with Crippen LogP contribution in [-0.4, -0.2) is 34.9 Å². The Bertz CT molecular complexity index is 609. The highest BCUT2D eigenvalue weighted by molar-refractivity contribution is 6.42. The van der Waals surface area contributed by atoms with Crippen LogP contribution in [0.3, 0.4) is 0 Å². The number of rotatable bonds is 10. The topological polar surface area (TPSA) is 97.4 Å². The van der Waals surface area contributed by atoms with Gasteiger partial charge in [0.25, 0.3) is 5.91 Å². The van der Waals surface area contributed by atoms with Gasteiger partial charge in [-0.15, -0.1) is 0 Å². The molecule has 7 heteroatoms. The first kappa shape index (κ1) is 22.6. The molecule has 1 aromatic rings. The molecule has 27 heavy (non-hydrogen) atoms. The monoisotopic (exact) mass is 377 g/mol. The number of alkyl carbamates (subject to hydrolysis) is 1. The van der Waals surface area contributed by atoms with Crippen LogP contribution in [0.25, 0.3) is 0 Å². The van der Waals surface area contributed by atoms with Crippen LogP contribution < -0.4 is 10.6 Å². The number of amides is 2. The Morgan fingerprint density at radius 2 is 1.81 bits per heavy atom. The lowest BCUT2D eigenvalue weighted by Gasteiger charge is -2.26. The van der Waals surface area contributed by atoms with Gasteiger partial charge in [-0.1, -0.05) is 47.5 Å². The second-order valence-electron chi connectivity index (χ2n) is 7.26. The van der Waals surface area contributed by atoms with Crippen LogP contribution in [0.1, 0.15) is 53.9 Å².